The van der Waals surface area contributed by atoms with Crippen LogP contribution in [0.1, 0.15) is 12.0 Å². The first-order valence-corrected chi connectivity index (χ1v) is 7.02. The third-order valence-electron chi connectivity index (χ3n) is 3.23. The zero-order valence-electron chi connectivity index (χ0n) is 11.3. The second kappa shape index (κ2) is 6.52. The van der Waals surface area contributed by atoms with Crippen molar-refractivity contribution in [1.29, 1.82) is 0 Å². The van der Waals surface area contributed by atoms with Crippen molar-refractivity contribution in [3.05, 3.63) is 57.6 Å². The van der Waals surface area contributed by atoms with Crippen molar-refractivity contribution in [2.24, 2.45) is 0 Å². The number of benzene rings is 1. The van der Waals surface area contributed by atoms with Gasteiger partial charge in [-0.2, -0.15) is 0 Å². The van der Waals surface area contributed by atoms with Crippen molar-refractivity contribution in [3.8, 4) is 0 Å². The Morgan fingerprint density at radius 1 is 1.23 bits per heavy atom. The minimum Gasteiger partial charge on any atom is -0.479 e. The summed E-state index contributed by atoms with van der Waals surface area (Å²) in [5.41, 5.74) is -1.11. The van der Waals surface area contributed by atoms with E-state index >= 15 is 0 Å². The molecule has 0 spiro atoms. The van der Waals surface area contributed by atoms with Gasteiger partial charge in [0.05, 0.1) is 16.7 Å². The van der Waals surface area contributed by atoms with E-state index in [1.807, 2.05) is 0 Å². The number of halogens is 2. The first-order chi connectivity index (χ1) is 10.3. The SMILES string of the molecule is O=C(O)C1=CC=CC(OCc2ccc(Cl)c(Cl)c2)(C(=O)O)C1. The minimum absolute atomic E-state index is 0.0287. The molecular weight excluding hydrogens is 331 g/mol. The van der Waals surface area contributed by atoms with Gasteiger partial charge in [-0.05, 0) is 23.8 Å². The molecule has 0 amide bonds. The summed E-state index contributed by atoms with van der Waals surface area (Å²) in [5, 5.41) is 19.2. The molecule has 1 aliphatic rings. The predicted octanol–water partition coefficient (Wildman–Crippen LogP) is 3.30. The van der Waals surface area contributed by atoms with Crippen LogP contribution in [0.3, 0.4) is 0 Å². The van der Waals surface area contributed by atoms with Gasteiger partial charge in [-0.3, -0.25) is 0 Å². The maximum Gasteiger partial charge on any atom is 0.340 e. The van der Waals surface area contributed by atoms with Gasteiger partial charge in [-0.15, -0.1) is 0 Å². The van der Waals surface area contributed by atoms with E-state index in [0.29, 0.717) is 15.6 Å². The van der Waals surface area contributed by atoms with E-state index in [1.54, 1.807) is 18.2 Å². The van der Waals surface area contributed by atoms with Crippen LogP contribution in [-0.4, -0.2) is 27.8 Å². The number of hydrogen-bond donors (Lipinski definition) is 2. The molecule has 1 unspecified atom stereocenters. The number of ether oxygens (including phenoxy) is 1. The maximum atomic E-state index is 11.5. The van der Waals surface area contributed by atoms with Gasteiger partial charge < -0.3 is 14.9 Å². The Balaban J connectivity index is 2.18. The van der Waals surface area contributed by atoms with E-state index < -0.39 is 17.5 Å². The fourth-order valence-corrected chi connectivity index (χ4v) is 2.34. The van der Waals surface area contributed by atoms with Crippen LogP contribution in [0.25, 0.3) is 0 Å². The second-order valence-corrected chi connectivity index (χ2v) is 5.58. The summed E-state index contributed by atoms with van der Waals surface area (Å²) in [6.45, 7) is -0.0412. The van der Waals surface area contributed by atoms with Crippen molar-refractivity contribution in [1.82, 2.24) is 0 Å². The lowest BCUT2D eigenvalue weighted by molar-refractivity contribution is -0.161. The molecule has 0 aliphatic heterocycles. The molecule has 0 bridgehead atoms. The molecule has 1 atom stereocenters. The monoisotopic (exact) mass is 342 g/mol. The molecule has 2 rings (SSSR count). The van der Waals surface area contributed by atoms with Gasteiger partial charge in [-0.25, -0.2) is 9.59 Å². The highest BCUT2D eigenvalue weighted by Gasteiger charge is 2.40. The summed E-state index contributed by atoms with van der Waals surface area (Å²) in [6, 6.07) is 4.81. The van der Waals surface area contributed by atoms with Crippen LogP contribution in [0.4, 0.5) is 0 Å². The Morgan fingerprint density at radius 2 is 1.95 bits per heavy atom. The number of hydrogen-bond acceptors (Lipinski definition) is 3. The van der Waals surface area contributed by atoms with Crippen LogP contribution < -0.4 is 0 Å². The quantitative estimate of drug-likeness (QED) is 0.857. The maximum absolute atomic E-state index is 11.5. The molecule has 7 heteroatoms. The zero-order valence-corrected chi connectivity index (χ0v) is 12.8. The number of aliphatic carboxylic acids is 2. The standard InChI is InChI=1S/C15H12Cl2O5/c16-11-4-3-9(6-12(11)17)8-22-15(14(20)21)5-1-2-10(7-15)13(18)19/h1-6H,7-8H2,(H,18,19)(H,20,21). The minimum atomic E-state index is -1.71. The van der Waals surface area contributed by atoms with Crippen LogP contribution in [0.5, 0.6) is 0 Å². The predicted molar refractivity (Wildman–Crippen MR) is 81.1 cm³/mol. The highest BCUT2D eigenvalue weighted by Crippen LogP contribution is 2.30. The smallest absolute Gasteiger partial charge is 0.340 e. The van der Waals surface area contributed by atoms with Crippen LogP contribution in [0.15, 0.2) is 42.0 Å². The molecule has 0 saturated carbocycles. The van der Waals surface area contributed by atoms with Gasteiger partial charge in [0.15, 0.2) is 5.60 Å². The van der Waals surface area contributed by atoms with Crippen molar-refractivity contribution in [2.45, 2.75) is 18.6 Å². The average Bonchev–Trinajstić information content (AvgIpc) is 2.48. The first-order valence-electron chi connectivity index (χ1n) is 6.27. The summed E-state index contributed by atoms with van der Waals surface area (Å²) < 4.78 is 5.50. The van der Waals surface area contributed by atoms with Gasteiger partial charge in [0.2, 0.25) is 0 Å². The topological polar surface area (TPSA) is 83.8 Å². The third-order valence-corrected chi connectivity index (χ3v) is 3.97. The molecular formula is C15H12Cl2O5. The zero-order chi connectivity index (χ0) is 16.3. The largest absolute Gasteiger partial charge is 0.479 e. The Bertz CT molecular complexity index is 681. The lowest BCUT2D eigenvalue weighted by Crippen LogP contribution is -2.41. The highest BCUT2D eigenvalue weighted by molar-refractivity contribution is 6.42. The summed E-state index contributed by atoms with van der Waals surface area (Å²) >= 11 is 11.7. The van der Waals surface area contributed by atoms with Crippen molar-refractivity contribution in [3.63, 3.8) is 0 Å². The van der Waals surface area contributed by atoms with Crippen molar-refractivity contribution < 1.29 is 24.5 Å². The summed E-state index contributed by atoms with van der Waals surface area (Å²) in [7, 11) is 0. The third kappa shape index (κ3) is 3.50. The van der Waals surface area contributed by atoms with Gasteiger partial charge >= 0.3 is 11.9 Å². The number of rotatable bonds is 5. The number of carbonyl (C=O) groups is 2. The first kappa shape index (κ1) is 16.5. The molecule has 1 aromatic rings. The normalized spacial score (nSPS) is 20.5. The summed E-state index contributed by atoms with van der Waals surface area (Å²) in [5.74, 6) is -2.43. The van der Waals surface area contributed by atoms with E-state index in [1.165, 1.54) is 18.2 Å². The highest BCUT2D eigenvalue weighted by atomic mass is 35.5. The Labute approximate surface area is 136 Å². The molecule has 0 fully saturated rings. The summed E-state index contributed by atoms with van der Waals surface area (Å²) in [6.07, 6.45) is 3.80. The molecule has 0 aromatic heterocycles. The van der Waals surface area contributed by atoms with Gasteiger partial charge in [0.1, 0.15) is 0 Å². The number of carboxylic acid groups (broad SMARTS) is 2. The van der Waals surface area contributed by atoms with Crippen molar-refractivity contribution >= 4 is 35.1 Å². The molecule has 0 saturated heterocycles. The molecule has 1 aromatic carbocycles. The molecule has 0 heterocycles. The molecule has 1 aliphatic carbocycles. The van der Waals surface area contributed by atoms with Crippen LogP contribution >= 0.6 is 23.2 Å². The Hall–Kier alpha value is -1.82. The fourth-order valence-electron chi connectivity index (χ4n) is 2.02. The van der Waals surface area contributed by atoms with Gasteiger partial charge in [0.25, 0.3) is 0 Å². The molecule has 5 nitrogen and oxygen atoms in total. The van der Waals surface area contributed by atoms with E-state index in [4.69, 9.17) is 33.0 Å². The van der Waals surface area contributed by atoms with E-state index in [0.717, 1.165) is 0 Å². The van der Waals surface area contributed by atoms with Gasteiger partial charge in [-0.1, -0.05) is 41.4 Å². The lowest BCUT2D eigenvalue weighted by atomic mass is 9.89. The van der Waals surface area contributed by atoms with Crippen molar-refractivity contribution in [2.75, 3.05) is 0 Å². The van der Waals surface area contributed by atoms with E-state index in [-0.39, 0.29) is 18.6 Å². The average molecular weight is 343 g/mol. The van der Waals surface area contributed by atoms with E-state index in [9.17, 15) is 14.7 Å². The Kier molecular flexibility index (Phi) is 4.90. The molecule has 22 heavy (non-hydrogen) atoms. The number of carboxylic acids is 2. The van der Waals surface area contributed by atoms with Crippen LogP contribution in [-0.2, 0) is 20.9 Å². The summed E-state index contributed by atoms with van der Waals surface area (Å²) in [4.78, 5) is 22.6. The fraction of sp³-hybridized carbons (Fsp3) is 0.200. The van der Waals surface area contributed by atoms with Gasteiger partial charge in [0, 0.05) is 12.0 Å². The number of allylic oxidation sites excluding steroid dienone is 2. The van der Waals surface area contributed by atoms with Crippen LogP contribution in [0.2, 0.25) is 10.0 Å². The second-order valence-electron chi connectivity index (χ2n) is 4.76. The molecule has 116 valence electrons. The van der Waals surface area contributed by atoms with E-state index in [2.05, 4.69) is 0 Å². The van der Waals surface area contributed by atoms with Crippen LogP contribution in [0, 0.1) is 0 Å². The molecule has 0 radical (unpaired) electrons. The Morgan fingerprint density at radius 3 is 2.55 bits per heavy atom. The molecule has 2 N–H and O–H groups in total. The lowest BCUT2D eigenvalue weighted by Gasteiger charge is -2.28.